The largest absolute Gasteiger partial charge is 0.483 e. The fourth-order valence-corrected chi connectivity index (χ4v) is 2.00. The van der Waals surface area contributed by atoms with E-state index >= 15 is 0 Å². The van der Waals surface area contributed by atoms with Crippen molar-refractivity contribution in [1.29, 1.82) is 0 Å². The summed E-state index contributed by atoms with van der Waals surface area (Å²) in [7, 11) is 3.23. The molecule has 0 saturated heterocycles. The molecule has 0 radical (unpaired) electrons. The predicted octanol–water partition coefficient (Wildman–Crippen LogP) is 3.20. The number of carbonyl (C=O) groups excluding carboxylic acids is 2. The van der Waals surface area contributed by atoms with Crippen molar-refractivity contribution in [1.82, 2.24) is 4.90 Å². The summed E-state index contributed by atoms with van der Waals surface area (Å²) < 4.78 is 18.6. The number of likely N-dealkylation sites (N-methyl/N-ethyl adjacent to an activating group) is 1. The van der Waals surface area contributed by atoms with Gasteiger partial charge < -0.3 is 15.0 Å². The van der Waals surface area contributed by atoms with Crippen molar-refractivity contribution in [3.63, 3.8) is 0 Å². The van der Waals surface area contributed by atoms with Gasteiger partial charge in [0.1, 0.15) is 11.6 Å². The monoisotopic (exact) mass is 350 g/mol. The summed E-state index contributed by atoms with van der Waals surface area (Å²) in [5, 5.41) is 2.52. The van der Waals surface area contributed by atoms with Gasteiger partial charge in [-0.1, -0.05) is 23.7 Å². The molecule has 2 aromatic rings. The third kappa shape index (κ3) is 4.45. The topological polar surface area (TPSA) is 58.6 Å². The zero-order chi connectivity index (χ0) is 17.7. The molecule has 0 atom stereocenters. The maximum atomic E-state index is 13.2. The first-order valence-electron chi connectivity index (χ1n) is 7.07. The van der Waals surface area contributed by atoms with E-state index in [1.165, 1.54) is 17.0 Å². The molecule has 7 heteroatoms. The van der Waals surface area contributed by atoms with Gasteiger partial charge in [0.2, 0.25) is 0 Å². The van der Waals surface area contributed by atoms with Gasteiger partial charge in [0.25, 0.3) is 11.8 Å². The number of nitrogens with zero attached hydrogens (tertiary/aromatic N) is 1. The Morgan fingerprint density at radius 1 is 1.21 bits per heavy atom. The Balaban J connectivity index is 2.14. The second-order valence-electron chi connectivity index (χ2n) is 5.16. The molecule has 0 aliphatic rings. The van der Waals surface area contributed by atoms with E-state index in [0.717, 1.165) is 6.07 Å². The second kappa shape index (κ2) is 7.79. The summed E-state index contributed by atoms with van der Waals surface area (Å²) in [5.74, 6) is -0.972. The van der Waals surface area contributed by atoms with E-state index in [1.807, 2.05) is 0 Å². The van der Waals surface area contributed by atoms with Crippen molar-refractivity contribution in [2.75, 3.05) is 26.0 Å². The molecule has 2 aromatic carbocycles. The number of halogens is 2. The fourth-order valence-electron chi connectivity index (χ4n) is 1.82. The molecule has 2 amide bonds. The Morgan fingerprint density at radius 2 is 1.92 bits per heavy atom. The maximum absolute atomic E-state index is 13.2. The van der Waals surface area contributed by atoms with E-state index in [9.17, 15) is 14.0 Å². The zero-order valence-electron chi connectivity index (χ0n) is 13.2. The highest BCUT2D eigenvalue weighted by Gasteiger charge is 2.14. The predicted molar refractivity (Wildman–Crippen MR) is 90.0 cm³/mol. The minimum Gasteiger partial charge on any atom is -0.483 e. The lowest BCUT2D eigenvalue weighted by Crippen LogP contribution is -2.28. The first kappa shape index (κ1) is 17.7. The average Bonchev–Trinajstić information content (AvgIpc) is 2.56. The van der Waals surface area contributed by atoms with Crippen molar-refractivity contribution >= 4 is 29.1 Å². The highest BCUT2D eigenvalue weighted by Crippen LogP contribution is 2.22. The van der Waals surface area contributed by atoms with Crippen LogP contribution in [0.25, 0.3) is 0 Å². The summed E-state index contributed by atoms with van der Waals surface area (Å²) in [6, 6.07) is 10.4. The van der Waals surface area contributed by atoms with Crippen molar-refractivity contribution in [2.45, 2.75) is 0 Å². The average molecular weight is 351 g/mol. The maximum Gasteiger partial charge on any atom is 0.259 e. The van der Waals surface area contributed by atoms with Crippen LogP contribution in [0, 0.1) is 5.82 Å². The van der Waals surface area contributed by atoms with Gasteiger partial charge >= 0.3 is 0 Å². The third-order valence-corrected chi connectivity index (χ3v) is 3.45. The normalized spacial score (nSPS) is 10.2. The number of hydrogen-bond donors (Lipinski definition) is 1. The highest BCUT2D eigenvalue weighted by molar-refractivity contribution is 6.31. The van der Waals surface area contributed by atoms with Crippen LogP contribution in [0.1, 0.15) is 10.4 Å². The molecule has 0 spiro atoms. The van der Waals surface area contributed by atoms with Crippen LogP contribution in [0.4, 0.5) is 10.1 Å². The molecule has 0 fully saturated rings. The van der Waals surface area contributed by atoms with Gasteiger partial charge in [-0.15, -0.1) is 0 Å². The van der Waals surface area contributed by atoms with Gasteiger partial charge in [-0.25, -0.2) is 4.39 Å². The molecule has 2 rings (SSSR count). The highest BCUT2D eigenvalue weighted by atomic mass is 35.5. The molecular weight excluding hydrogens is 335 g/mol. The van der Waals surface area contributed by atoms with Crippen LogP contribution in [0.3, 0.4) is 0 Å². The fraction of sp³-hybridized carbons (Fsp3) is 0.176. The number of nitrogens with one attached hydrogen (secondary N) is 1. The van der Waals surface area contributed by atoms with E-state index in [2.05, 4.69) is 5.32 Å². The lowest BCUT2D eigenvalue weighted by atomic mass is 10.2. The third-order valence-electron chi connectivity index (χ3n) is 3.16. The summed E-state index contributed by atoms with van der Waals surface area (Å²) in [6.45, 7) is -0.181. The van der Waals surface area contributed by atoms with E-state index in [0.29, 0.717) is 5.69 Å². The summed E-state index contributed by atoms with van der Waals surface area (Å²) in [4.78, 5) is 25.4. The van der Waals surface area contributed by atoms with Crippen LogP contribution >= 0.6 is 11.6 Å². The Kier molecular flexibility index (Phi) is 5.76. The zero-order valence-corrected chi connectivity index (χ0v) is 13.9. The van der Waals surface area contributed by atoms with Gasteiger partial charge in [0.15, 0.2) is 6.61 Å². The number of carbonyl (C=O) groups is 2. The van der Waals surface area contributed by atoms with Gasteiger partial charge in [0.05, 0.1) is 10.6 Å². The Morgan fingerprint density at radius 3 is 2.58 bits per heavy atom. The lowest BCUT2D eigenvalue weighted by molar-refractivity contribution is -0.130. The quantitative estimate of drug-likeness (QED) is 0.900. The van der Waals surface area contributed by atoms with E-state index in [4.69, 9.17) is 16.3 Å². The summed E-state index contributed by atoms with van der Waals surface area (Å²) in [5.41, 5.74) is 0.607. The molecular formula is C17H16ClFN2O3. The molecule has 0 bridgehead atoms. The number of amides is 2. The van der Waals surface area contributed by atoms with Crippen molar-refractivity contribution in [3.8, 4) is 5.75 Å². The second-order valence-corrected chi connectivity index (χ2v) is 5.56. The smallest absolute Gasteiger partial charge is 0.259 e. The van der Waals surface area contributed by atoms with Crippen molar-refractivity contribution < 1.29 is 18.7 Å². The molecule has 24 heavy (non-hydrogen) atoms. The van der Waals surface area contributed by atoms with Gasteiger partial charge in [-0.05, 0) is 30.3 Å². The standard InChI is InChI=1S/C17H16ClFN2O3/c1-21(2)16(22)10-24-15-6-4-3-5-12(15)17(23)20-11-7-8-14(19)13(18)9-11/h3-9H,10H2,1-2H3,(H,20,23). The van der Waals surface area contributed by atoms with E-state index in [-0.39, 0.29) is 28.8 Å². The minimum atomic E-state index is -0.569. The molecule has 0 aliphatic heterocycles. The lowest BCUT2D eigenvalue weighted by Gasteiger charge is -2.14. The van der Waals surface area contributed by atoms with E-state index in [1.54, 1.807) is 38.4 Å². The van der Waals surface area contributed by atoms with Crippen LogP contribution in [0.15, 0.2) is 42.5 Å². The van der Waals surface area contributed by atoms with Gasteiger partial charge in [-0.3, -0.25) is 9.59 Å². The molecule has 1 N–H and O–H groups in total. The van der Waals surface area contributed by atoms with Crippen LogP contribution in [-0.4, -0.2) is 37.4 Å². The Bertz CT molecular complexity index is 765. The minimum absolute atomic E-state index is 0.0890. The Labute approximate surface area is 144 Å². The molecule has 0 aliphatic carbocycles. The Hall–Kier alpha value is -2.60. The van der Waals surface area contributed by atoms with Gasteiger partial charge in [-0.2, -0.15) is 0 Å². The molecule has 5 nitrogen and oxygen atoms in total. The van der Waals surface area contributed by atoms with Crippen LogP contribution in [0.5, 0.6) is 5.75 Å². The number of hydrogen-bond acceptors (Lipinski definition) is 3. The first-order chi connectivity index (χ1) is 11.4. The van der Waals surface area contributed by atoms with Crippen LogP contribution in [0.2, 0.25) is 5.02 Å². The molecule has 0 unspecified atom stereocenters. The molecule has 0 saturated carbocycles. The SMILES string of the molecule is CN(C)C(=O)COc1ccccc1C(=O)Nc1ccc(F)c(Cl)c1. The molecule has 126 valence electrons. The number of anilines is 1. The molecule has 0 heterocycles. The first-order valence-corrected chi connectivity index (χ1v) is 7.44. The summed E-state index contributed by atoms with van der Waals surface area (Å²) >= 11 is 5.70. The van der Waals surface area contributed by atoms with E-state index < -0.39 is 11.7 Å². The van der Waals surface area contributed by atoms with Gasteiger partial charge in [0, 0.05) is 19.8 Å². The number of rotatable bonds is 5. The number of benzene rings is 2. The number of para-hydroxylation sites is 1. The van der Waals surface area contributed by atoms with Crippen LogP contribution in [-0.2, 0) is 4.79 Å². The summed E-state index contributed by atoms with van der Waals surface area (Å²) in [6.07, 6.45) is 0. The van der Waals surface area contributed by atoms with Crippen molar-refractivity contribution in [2.24, 2.45) is 0 Å². The van der Waals surface area contributed by atoms with Crippen LogP contribution < -0.4 is 10.1 Å². The number of ether oxygens (including phenoxy) is 1. The van der Waals surface area contributed by atoms with Crippen molar-refractivity contribution in [3.05, 3.63) is 58.9 Å². The molecule has 0 aromatic heterocycles.